The number of nitrogens with one attached hydrogen (secondary N) is 1. The number of nitrogens with zero attached hydrogens (tertiary/aromatic N) is 4. The Morgan fingerprint density at radius 3 is 2.90 bits per heavy atom. The highest BCUT2D eigenvalue weighted by Gasteiger charge is 2.12. The lowest BCUT2D eigenvalue weighted by atomic mass is 9.92. The van der Waals surface area contributed by atoms with Gasteiger partial charge in [0.15, 0.2) is 11.5 Å². The van der Waals surface area contributed by atoms with Gasteiger partial charge in [0.05, 0.1) is 5.39 Å². The van der Waals surface area contributed by atoms with Crippen LogP contribution in [-0.2, 0) is 7.05 Å². The minimum absolute atomic E-state index is 0.197. The van der Waals surface area contributed by atoms with Crippen LogP contribution in [0.3, 0.4) is 0 Å². The maximum absolute atomic E-state index is 5.99. The van der Waals surface area contributed by atoms with Crippen molar-refractivity contribution in [1.82, 2.24) is 19.7 Å². The van der Waals surface area contributed by atoms with E-state index >= 15 is 0 Å². The molecule has 3 rings (SSSR count). The Morgan fingerprint density at radius 2 is 2.15 bits per heavy atom. The van der Waals surface area contributed by atoms with Crippen molar-refractivity contribution in [3.8, 4) is 0 Å². The highest BCUT2D eigenvalue weighted by Crippen LogP contribution is 2.25. The Morgan fingerprint density at radius 1 is 1.35 bits per heavy atom. The summed E-state index contributed by atoms with van der Waals surface area (Å²) in [5.74, 6) is 0.653. The molecule has 0 saturated heterocycles. The topological polar surface area (TPSA) is 55.6 Å². The maximum Gasteiger partial charge on any atom is 0.224 e. The number of hydrogen-bond acceptors (Lipinski definition) is 4. The number of rotatable bonds is 2. The lowest BCUT2D eigenvalue weighted by molar-refractivity contribution is 0.789. The van der Waals surface area contributed by atoms with E-state index in [1.807, 2.05) is 25.1 Å². The molecule has 2 aromatic heterocycles. The number of hydrogen-bond donors (Lipinski definition) is 1. The molecule has 0 bridgehead atoms. The van der Waals surface area contributed by atoms with E-state index in [1.54, 1.807) is 17.9 Å². The van der Waals surface area contributed by atoms with Crippen LogP contribution in [0, 0.1) is 6.92 Å². The van der Waals surface area contributed by atoms with Crippen molar-refractivity contribution in [3.63, 3.8) is 0 Å². The second-order valence-electron chi connectivity index (χ2n) is 4.51. The van der Waals surface area contributed by atoms with Gasteiger partial charge in [-0.05, 0) is 24.1 Å². The van der Waals surface area contributed by atoms with E-state index < -0.39 is 0 Å². The molecule has 0 aliphatic carbocycles. The highest BCUT2D eigenvalue weighted by molar-refractivity contribution is 6.36. The molecule has 0 amide bonds. The molecule has 5 nitrogen and oxygen atoms in total. The zero-order valence-corrected chi connectivity index (χ0v) is 11.8. The average molecular weight is 284 g/mol. The smallest absolute Gasteiger partial charge is 0.224 e. The SMILES string of the molecule is [B]c1cccc(C)c1Nc1nn(C)c2nc(Cl)ncc12. The molecular weight excluding hydrogens is 272 g/mol. The van der Waals surface area contributed by atoms with Gasteiger partial charge in [-0.25, -0.2) is 9.67 Å². The first-order valence-electron chi connectivity index (χ1n) is 6.03. The lowest BCUT2D eigenvalue weighted by Crippen LogP contribution is -2.11. The second kappa shape index (κ2) is 4.79. The van der Waals surface area contributed by atoms with Crippen LogP contribution in [0.2, 0.25) is 5.28 Å². The van der Waals surface area contributed by atoms with Gasteiger partial charge in [-0.15, -0.1) is 0 Å². The fraction of sp³-hybridized carbons (Fsp3) is 0.154. The lowest BCUT2D eigenvalue weighted by Gasteiger charge is -2.10. The van der Waals surface area contributed by atoms with Crippen LogP contribution in [0.5, 0.6) is 0 Å². The van der Waals surface area contributed by atoms with Gasteiger partial charge in [-0.2, -0.15) is 10.1 Å². The molecule has 0 aliphatic rings. The van der Waals surface area contributed by atoms with Crippen molar-refractivity contribution < 1.29 is 0 Å². The Hall–Kier alpha value is -2.08. The van der Waals surface area contributed by atoms with Gasteiger partial charge in [0.1, 0.15) is 7.85 Å². The van der Waals surface area contributed by atoms with Crippen molar-refractivity contribution in [3.05, 3.63) is 35.2 Å². The summed E-state index contributed by atoms with van der Waals surface area (Å²) in [7, 11) is 7.80. The van der Waals surface area contributed by atoms with Crippen molar-refractivity contribution in [2.24, 2.45) is 7.05 Å². The Balaban J connectivity index is 2.12. The van der Waals surface area contributed by atoms with Crippen LogP contribution < -0.4 is 10.8 Å². The number of fused-ring (bicyclic) bond motifs is 1. The fourth-order valence-corrected chi connectivity index (χ4v) is 2.22. The summed E-state index contributed by atoms with van der Waals surface area (Å²) in [5.41, 5.74) is 3.21. The fourth-order valence-electron chi connectivity index (χ4n) is 2.09. The molecule has 0 unspecified atom stereocenters. The first-order valence-corrected chi connectivity index (χ1v) is 6.41. The van der Waals surface area contributed by atoms with E-state index in [2.05, 4.69) is 20.4 Å². The van der Waals surface area contributed by atoms with E-state index in [1.165, 1.54) is 0 Å². The summed E-state index contributed by atoms with van der Waals surface area (Å²) in [5, 5.41) is 8.63. The van der Waals surface area contributed by atoms with Gasteiger partial charge < -0.3 is 5.32 Å². The summed E-state index contributed by atoms with van der Waals surface area (Å²) in [6.45, 7) is 1.98. The Labute approximate surface area is 122 Å². The third-order valence-corrected chi connectivity index (χ3v) is 3.28. The molecule has 3 aromatic rings. The van der Waals surface area contributed by atoms with Crippen LogP contribution in [-0.4, -0.2) is 27.6 Å². The molecule has 2 heterocycles. The first kappa shape index (κ1) is 12.9. The predicted molar refractivity (Wildman–Crippen MR) is 81.2 cm³/mol. The molecule has 7 heteroatoms. The third kappa shape index (κ3) is 2.12. The number of benzene rings is 1. The summed E-state index contributed by atoms with van der Waals surface area (Å²) < 4.78 is 1.65. The standard InChI is InChI=1S/C13H11BClN5/c1-7-4-3-5-9(14)10(7)17-11-8-6-16-13(15)18-12(8)20(2)19-11/h3-6H,1-2H3,(H,17,19). The minimum atomic E-state index is 0.197. The van der Waals surface area contributed by atoms with Crippen LogP contribution in [0.4, 0.5) is 11.5 Å². The van der Waals surface area contributed by atoms with Gasteiger partial charge in [-0.3, -0.25) is 0 Å². The highest BCUT2D eigenvalue weighted by atomic mass is 35.5. The van der Waals surface area contributed by atoms with Gasteiger partial charge in [-0.1, -0.05) is 23.7 Å². The van der Waals surface area contributed by atoms with Crippen LogP contribution in [0.15, 0.2) is 24.4 Å². The summed E-state index contributed by atoms with van der Waals surface area (Å²) in [4.78, 5) is 8.16. The predicted octanol–water partition coefficient (Wildman–Crippen LogP) is 1.86. The number of aryl methyl sites for hydroxylation is 2. The van der Waals surface area contributed by atoms with Crippen LogP contribution >= 0.6 is 11.6 Å². The molecule has 0 spiro atoms. The monoisotopic (exact) mass is 283 g/mol. The van der Waals surface area contributed by atoms with E-state index in [0.717, 1.165) is 16.6 Å². The second-order valence-corrected chi connectivity index (χ2v) is 4.85. The number of aromatic nitrogens is 4. The summed E-state index contributed by atoms with van der Waals surface area (Å²) in [6, 6.07) is 5.74. The van der Waals surface area contributed by atoms with Gasteiger partial charge in [0.2, 0.25) is 5.28 Å². The normalized spacial score (nSPS) is 10.9. The number of para-hydroxylation sites is 1. The van der Waals surface area contributed by atoms with Gasteiger partial charge in [0, 0.05) is 18.9 Å². The first-order chi connectivity index (χ1) is 9.56. The molecule has 1 N–H and O–H groups in total. The number of anilines is 2. The quantitative estimate of drug-likeness (QED) is 0.576. The molecule has 1 aromatic carbocycles. The molecule has 98 valence electrons. The summed E-state index contributed by atoms with van der Waals surface area (Å²) >= 11 is 5.81. The van der Waals surface area contributed by atoms with Crippen molar-refractivity contribution in [2.45, 2.75) is 6.92 Å². The summed E-state index contributed by atoms with van der Waals surface area (Å²) in [6.07, 6.45) is 1.65. The zero-order valence-electron chi connectivity index (χ0n) is 11.1. The van der Waals surface area contributed by atoms with Crippen molar-refractivity contribution in [1.29, 1.82) is 0 Å². The number of halogens is 1. The molecule has 0 saturated carbocycles. The molecular formula is C13H11BClN5. The molecule has 0 atom stereocenters. The van der Waals surface area contributed by atoms with E-state index in [9.17, 15) is 0 Å². The minimum Gasteiger partial charge on any atom is -0.338 e. The van der Waals surface area contributed by atoms with Crippen LogP contribution in [0.25, 0.3) is 11.0 Å². The molecule has 2 radical (unpaired) electrons. The van der Waals surface area contributed by atoms with E-state index in [0.29, 0.717) is 16.9 Å². The third-order valence-electron chi connectivity index (χ3n) is 3.10. The average Bonchev–Trinajstić information content (AvgIpc) is 2.70. The van der Waals surface area contributed by atoms with E-state index in [-0.39, 0.29) is 5.28 Å². The molecule has 0 aliphatic heterocycles. The Bertz CT molecular complexity index is 779. The maximum atomic E-state index is 5.99. The van der Waals surface area contributed by atoms with Gasteiger partial charge >= 0.3 is 0 Å². The zero-order chi connectivity index (χ0) is 14.3. The van der Waals surface area contributed by atoms with Crippen molar-refractivity contribution >= 4 is 47.4 Å². The largest absolute Gasteiger partial charge is 0.338 e. The molecule has 0 fully saturated rings. The Kier molecular flexibility index (Phi) is 3.10. The van der Waals surface area contributed by atoms with Crippen molar-refractivity contribution in [2.75, 3.05) is 5.32 Å². The van der Waals surface area contributed by atoms with E-state index in [4.69, 9.17) is 19.4 Å². The molecule has 20 heavy (non-hydrogen) atoms. The van der Waals surface area contributed by atoms with Gasteiger partial charge in [0.25, 0.3) is 0 Å². The van der Waals surface area contributed by atoms with Crippen LogP contribution in [0.1, 0.15) is 5.56 Å².